The summed E-state index contributed by atoms with van der Waals surface area (Å²) in [6, 6.07) is 17.9. The summed E-state index contributed by atoms with van der Waals surface area (Å²) < 4.78 is 33.0. The van der Waals surface area contributed by atoms with E-state index < -0.39 is 28.0 Å². The maximum absolute atomic E-state index is 12.6. The van der Waals surface area contributed by atoms with E-state index in [9.17, 15) is 18.3 Å². The number of nitrogens with zero attached hydrogens (tertiary/aromatic N) is 1. The Morgan fingerprint density at radius 1 is 1.03 bits per heavy atom. The highest BCUT2D eigenvalue weighted by atomic mass is 35.5. The first-order valence-electron chi connectivity index (χ1n) is 9.85. The fraction of sp³-hybridized carbons (Fsp3) is 0.217. The maximum Gasteiger partial charge on any atom is 0.322 e. The standard InChI is InChI=1S/C23H23ClN2O5S/c1-15(2)22(23(27)28)26-32(29,30)19-12-10-18(11-13-19)17-8-6-16(7-9-17)14-31-21-5-3-4-20(24)25-21/h3-13,15,22,26H,14H2,1-2H3,(H,27,28)/t22-/m1/s1. The third kappa shape index (κ3) is 6.06. The topological polar surface area (TPSA) is 106 Å². The summed E-state index contributed by atoms with van der Waals surface area (Å²) in [5.74, 6) is -1.16. The van der Waals surface area contributed by atoms with Gasteiger partial charge in [-0.2, -0.15) is 4.72 Å². The number of benzene rings is 2. The van der Waals surface area contributed by atoms with Crippen LogP contribution in [0.2, 0.25) is 5.15 Å². The van der Waals surface area contributed by atoms with Crippen molar-refractivity contribution in [1.82, 2.24) is 9.71 Å². The molecule has 0 saturated heterocycles. The van der Waals surface area contributed by atoms with Crippen molar-refractivity contribution in [1.29, 1.82) is 0 Å². The summed E-state index contributed by atoms with van der Waals surface area (Å²) in [5.41, 5.74) is 2.66. The van der Waals surface area contributed by atoms with Crippen LogP contribution in [0.3, 0.4) is 0 Å². The summed E-state index contributed by atoms with van der Waals surface area (Å²) in [6.07, 6.45) is 0. The predicted octanol–water partition coefficient (Wildman–Crippen LogP) is 4.37. The zero-order valence-electron chi connectivity index (χ0n) is 17.5. The number of carboxylic acids is 1. The molecule has 0 aliphatic rings. The number of hydrogen-bond donors (Lipinski definition) is 2. The summed E-state index contributed by atoms with van der Waals surface area (Å²) in [5, 5.41) is 9.60. The lowest BCUT2D eigenvalue weighted by Crippen LogP contribution is -2.44. The number of aliphatic carboxylic acids is 1. The second-order valence-electron chi connectivity index (χ2n) is 7.49. The average Bonchev–Trinajstić information content (AvgIpc) is 2.76. The number of pyridine rings is 1. The van der Waals surface area contributed by atoms with Gasteiger partial charge in [-0.3, -0.25) is 4.79 Å². The van der Waals surface area contributed by atoms with Crippen LogP contribution in [0.5, 0.6) is 5.88 Å². The lowest BCUT2D eigenvalue weighted by atomic mass is 10.0. The second-order valence-corrected chi connectivity index (χ2v) is 9.59. The molecule has 0 radical (unpaired) electrons. The van der Waals surface area contributed by atoms with Crippen molar-refractivity contribution in [2.24, 2.45) is 5.92 Å². The number of nitrogens with one attached hydrogen (secondary N) is 1. The van der Waals surface area contributed by atoms with E-state index in [4.69, 9.17) is 16.3 Å². The molecule has 32 heavy (non-hydrogen) atoms. The van der Waals surface area contributed by atoms with Crippen molar-refractivity contribution in [3.05, 3.63) is 77.4 Å². The van der Waals surface area contributed by atoms with Crippen LogP contribution in [0.15, 0.2) is 71.6 Å². The SMILES string of the molecule is CC(C)[C@@H](NS(=O)(=O)c1ccc(-c2ccc(COc3cccc(Cl)n3)cc2)cc1)C(=O)O. The number of rotatable bonds is 9. The lowest BCUT2D eigenvalue weighted by molar-refractivity contribution is -0.140. The summed E-state index contributed by atoms with van der Waals surface area (Å²) in [7, 11) is -3.95. The zero-order valence-corrected chi connectivity index (χ0v) is 19.1. The van der Waals surface area contributed by atoms with Crippen molar-refractivity contribution in [2.45, 2.75) is 31.4 Å². The molecule has 9 heteroatoms. The van der Waals surface area contributed by atoms with E-state index in [0.717, 1.165) is 16.7 Å². The van der Waals surface area contributed by atoms with Gasteiger partial charge >= 0.3 is 5.97 Å². The molecule has 0 unspecified atom stereocenters. The van der Waals surface area contributed by atoms with E-state index >= 15 is 0 Å². The molecule has 7 nitrogen and oxygen atoms in total. The first-order chi connectivity index (χ1) is 15.2. The lowest BCUT2D eigenvalue weighted by Gasteiger charge is -2.18. The molecule has 0 fully saturated rings. The van der Waals surface area contributed by atoms with Crippen LogP contribution in [-0.2, 0) is 21.4 Å². The molecule has 0 saturated carbocycles. The van der Waals surface area contributed by atoms with E-state index in [2.05, 4.69) is 9.71 Å². The highest BCUT2D eigenvalue weighted by Crippen LogP contribution is 2.23. The van der Waals surface area contributed by atoms with E-state index in [1.54, 1.807) is 44.2 Å². The van der Waals surface area contributed by atoms with Gasteiger partial charge in [-0.1, -0.05) is 67.9 Å². The van der Waals surface area contributed by atoms with Crippen LogP contribution in [0.25, 0.3) is 11.1 Å². The molecule has 0 aliphatic heterocycles. The van der Waals surface area contributed by atoms with E-state index in [-0.39, 0.29) is 4.90 Å². The number of carbonyl (C=O) groups is 1. The fourth-order valence-corrected chi connectivity index (χ4v) is 4.45. The van der Waals surface area contributed by atoms with Gasteiger partial charge in [0, 0.05) is 6.07 Å². The first kappa shape index (κ1) is 23.7. The second kappa shape index (κ2) is 10.1. The van der Waals surface area contributed by atoms with Crippen LogP contribution < -0.4 is 9.46 Å². The molecule has 3 aromatic rings. The van der Waals surface area contributed by atoms with Gasteiger partial charge in [0.05, 0.1) is 4.90 Å². The Morgan fingerprint density at radius 3 is 2.16 bits per heavy atom. The monoisotopic (exact) mass is 474 g/mol. The Balaban J connectivity index is 1.68. The highest BCUT2D eigenvalue weighted by molar-refractivity contribution is 7.89. The Labute approximate surface area is 192 Å². The van der Waals surface area contributed by atoms with Crippen LogP contribution in [0.1, 0.15) is 19.4 Å². The number of ether oxygens (including phenoxy) is 1. The number of halogens is 1. The van der Waals surface area contributed by atoms with Crippen molar-refractivity contribution in [3.8, 4) is 17.0 Å². The zero-order chi connectivity index (χ0) is 23.3. The van der Waals surface area contributed by atoms with Gasteiger partial charge < -0.3 is 9.84 Å². The fourth-order valence-electron chi connectivity index (χ4n) is 2.95. The molecule has 0 amide bonds. The normalized spacial score (nSPS) is 12.5. The third-order valence-electron chi connectivity index (χ3n) is 4.74. The molecule has 1 atom stereocenters. The van der Waals surface area contributed by atoms with Gasteiger partial charge in [0.15, 0.2) is 0 Å². The summed E-state index contributed by atoms with van der Waals surface area (Å²) >= 11 is 5.85. The number of aromatic nitrogens is 1. The quantitative estimate of drug-likeness (QED) is 0.446. The average molecular weight is 475 g/mol. The van der Waals surface area contributed by atoms with Crippen LogP contribution in [0.4, 0.5) is 0 Å². The van der Waals surface area contributed by atoms with E-state index in [1.165, 1.54) is 12.1 Å². The molecule has 2 N–H and O–H groups in total. The van der Waals surface area contributed by atoms with Gasteiger partial charge in [-0.05, 0) is 40.8 Å². The smallest absolute Gasteiger partial charge is 0.322 e. The van der Waals surface area contributed by atoms with Crippen LogP contribution in [0, 0.1) is 5.92 Å². The van der Waals surface area contributed by atoms with Crippen molar-refractivity contribution in [3.63, 3.8) is 0 Å². The minimum Gasteiger partial charge on any atom is -0.480 e. The predicted molar refractivity (Wildman–Crippen MR) is 122 cm³/mol. The first-order valence-corrected chi connectivity index (χ1v) is 11.7. The Kier molecular flexibility index (Phi) is 7.50. The highest BCUT2D eigenvalue weighted by Gasteiger charge is 2.27. The van der Waals surface area contributed by atoms with Gasteiger partial charge in [0.2, 0.25) is 15.9 Å². The molecule has 1 heterocycles. The molecule has 1 aromatic heterocycles. The molecule has 0 spiro atoms. The molecule has 168 valence electrons. The van der Waals surface area contributed by atoms with Crippen molar-refractivity contribution in [2.75, 3.05) is 0 Å². The van der Waals surface area contributed by atoms with Crippen molar-refractivity contribution >= 4 is 27.6 Å². The van der Waals surface area contributed by atoms with E-state index in [0.29, 0.717) is 17.6 Å². The minimum atomic E-state index is -3.95. The molecule has 0 aliphatic carbocycles. The Bertz CT molecular complexity index is 1180. The molecule has 2 aromatic carbocycles. The van der Waals surface area contributed by atoms with Gasteiger partial charge in [-0.25, -0.2) is 13.4 Å². The summed E-state index contributed by atoms with van der Waals surface area (Å²) in [4.78, 5) is 15.4. The van der Waals surface area contributed by atoms with Gasteiger partial charge in [0.25, 0.3) is 0 Å². The largest absolute Gasteiger partial charge is 0.480 e. The number of sulfonamides is 1. The van der Waals surface area contributed by atoms with Gasteiger partial charge in [-0.15, -0.1) is 0 Å². The molecular weight excluding hydrogens is 452 g/mol. The third-order valence-corrected chi connectivity index (χ3v) is 6.41. The number of hydrogen-bond acceptors (Lipinski definition) is 5. The Morgan fingerprint density at radius 2 is 1.62 bits per heavy atom. The Hall–Kier alpha value is -2.94. The molecular formula is C23H23ClN2O5S. The number of carboxylic acid groups (broad SMARTS) is 1. The summed E-state index contributed by atoms with van der Waals surface area (Å²) in [6.45, 7) is 3.62. The molecule has 3 rings (SSSR count). The van der Waals surface area contributed by atoms with Gasteiger partial charge in [0.1, 0.15) is 17.8 Å². The van der Waals surface area contributed by atoms with Crippen LogP contribution >= 0.6 is 11.6 Å². The molecule has 0 bridgehead atoms. The van der Waals surface area contributed by atoms with Crippen molar-refractivity contribution < 1.29 is 23.1 Å². The van der Waals surface area contributed by atoms with Crippen LogP contribution in [-0.4, -0.2) is 30.5 Å². The maximum atomic E-state index is 12.6. The minimum absolute atomic E-state index is 0.00666. The van der Waals surface area contributed by atoms with E-state index in [1.807, 2.05) is 24.3 Å².